The molecule has 0 aromatic carbocycles. The molecule has 0 radical (unpaired) electrons. The molecule has 0 aliphatic heterocycles. The maximum Gasteiger partial charge on any atom is 1.00 e. The average Bonchev–Trinajstić information content (AvgIpc) is 2.63. The molecular formula is C20H40NaO7PS. The number of carboxylic acid groups (broad SMARTS) is 2. The van der Waals surface area contributed by atoms with Gasteiger partial charge in [0.1, 0.15) is 5.25 Å². The topological polar surface area (TPSA) is 132 Å². The third-order valence-corrected chi connectivity index (χ3v) is 6.89. The van der Waals surface area contributed by atoms with Gasteiger partial charge in [0.15, 0.2) is 0 Å². The Kier molecular flexibility index (Phi) is 27.8. The normalized spacial score (nSPS) is 11.7. The Bertz CT molecular complexity index is 501. The third-order valence-electron chi connectivity index (χ3n) is 4.40. The summed E-state index contributed by atoms with van der Waals surface area (Å²) in [6.07, 6.45) is 19.3. The van der Waals surface area contributed by atoms with Gasteiger partial charge in [-0.25, -0.2) is 0 Å². The van der Waals surface area contributed by atoms with Gasteiger partial charge in [-0.1, -0.05) is 78.1 Å². The molecule has 1 atom stereocenters. The molecule has 10 heteroatoms. The van der Waals surface area contributed by atoms with Gasteiger partial charge < -0.3 is 15.0 Å². The van der Waals surface area contributed by atoms with Crippen LogP contribution in [0.1, 0.15) is 97.3 Å². The molecule has 0 rings (SSSR count). The average molecular weight is 479 g/mol. The summed E-state index contributed by atoms with van der Waals surface area (Å²) in [5, 5.41) is 15.6. The van der Waals surface area contributed by atoms with Gasteiger partial charge in [-0.2, -0.15) is 8.42 Å². The number of rotatable bonds is 18. The summed E-state index contributed by atoms with van der Waals surface area (Å²) < 4.78 is 28.5. The fraction of sp³-hybridized carbons (Fsp3) is 0.900. The summed E-state index contributed by atoms with van der Waals surface area (Å²) in [5.74, 6) is -3.79. The van der Waals surface area contributed by atoms with Crippen LogP contribution in [-0.4, -0.2) is 47.6 Å². The Balaban J connectivity index is -0.000000497. The molecule has 0 aromatic rings. The van der Waals surface area contributed by atoms with Gasteiger partial charge in [-0.15, -0.1) is 8.58 Å². The number of hydrogen-bond acceptors (Lipinski definition) is 5. The molecule has 0 amide bonds. The van der Waals surface area contributed by atoms with E-state index in [1.54, 1.807) is 0 Å². The predicted octanol–water partition coefficient (Wildman–Crippen LogP) is 0.857. The summed E-state index contributed by atoms with van der Waals surface area (Å²) in [7, 11) is -3.65. The van der Waals surface area contributed by atoms with Crippen molar-refractivity contribution in [1.82, 2.24) is 0 Å². The Labute approximate surface area is 207 Å². The van der Waals surface area contributed by atoms with Gasteiger partial charge in [0.2, 0.25) is 0 Å². The maximum absolute atomic E-state index is 10.2. The van der Waals surface area contributed by atoms with Gasteiger partial charge >= 0.3 is 35.5 Å². The van der Waals surface area contributed by atoms with Crippen LogP contribution in [0, 0.1) is 0 Å². The van der Waals surface area contributed by atoms with Crippen LogP contribution in [0.2, 0.25) is 0 Å². The van der Waals surface area contributed by atoms with Gasteiger partial charge in [-0.05, 0) is 25.2 Å². The van der Waals surface area contributed by atoms with E-state index in [2.05, 4.69) is 13.8 Å². The Morgan fingerprint density at radius 3 is 1.47 bits per heavy atom. The molecule has 0 aromatic heterocycles. The second-order valence-electron chi connectivity index (χ2n) is 7.21. The van der Waals surface area contributed by atoms with E-state index in [4.69, 9.17) is 9.66 Å². The van der Waals surface area contributed by atoms with Crippen molar-refractivity contribution in [2.75, 3.05) is 12.3 Å². The van der Waals surface area contributed by atoms with Crippen molar-refractivity contribution < 1.29 is 62.3 Å². The second kappa shape index (κ2) is 23.9. The monoisotopic (exact) mass is 478 g/mol. The molecule has 0 fully saturated rings. The molecule has 0 heterocycles. The van der Waals surface area contributed by atoms with E-state index in [9.17, 15) is 23.1 Å². The van der Waals surface area contributed by atoms with Crippen molar-refractivity contribution in [3.63, 3.8) is 0 Å². The zero-order valence-electron chi connectivity index (χ0n) is 19.0. The van der Waals surface area contributed by atoms with Crippen molar-refractivity contribution in [2.24, 2.45) is 0 Å². The quantitative estimate of drug-likeness (QED) is 0.129. The molecule has 0 saturated heterocycles. The molecule has 0 aliphatic rings. The first kappa shape index (κ1) is 34.9. The van der Waals surface area contributed by atoms with E-state index >= 15 is 0 Å². The summed E-state index contributed by atoms with van der Waals surface area (Å²) in [4.78, 5) is 19.9. The van der Waals surface area contributed by atoms with Crippen LogP contribution < -0.4 is 34.7 Å². The summed E-state index contributed by atoms with van der Waals surface area (Å²) >= 11 is 0. The number of carbonyl (C=O) groups excluding carboxylic acids is 1. The van der Waals surface area contributed by atoms with E-state index in [0.717, 1.165) is 0 Å². The van der Waals surface area contributed by atoms with Crippen molar-refractivity contribution >= 4 is 30.6 Å². The van der Waals surface area contributed by atoms with Crippen LogP contribution in [0.25, 0.3) is 0 Å². The molecule has 2 N–H and O–H groups in total. The molecule has 0 aliphatic carbocycles. The minimum absolute atomic E-state index is 0. The van der Waals surface area contributed by atoms with Crippen LogP contribution in [0.5, 0.6) is 0 Å². The van der Waals surface area contributed by atoms with Crippen molar-refractivity contribution in [2.45, 2.75) is 103 Å². The van der Waals surface area contributed by atoms with Crippen LogP contribution in [0.15, 0.2) is 0 Å². The number of unbranched alkanes of at least 4 members (excludes halogenated alkanes) is 10. The van der Waals surface area contributed by atoms with E-state index in [1.807, 2.05) is 0 Å². The maximum atomic E-state index is 10.2. The zero-order chi connectivity index (χ0) is 22.5. The van der Waals surface area contributed by atoms with E-state index < -0.39 is 33.7 Å². The van der Waals surface area contributed by atoms with Crippen LogP contribution in [-0.2, 0) is 19.7 Å². The summed E-state index contributed by atoms with van der Waals surface area (Å²) in [6, 6.07) is 0. The minimum atomic E-state index is -4.90. The first-order valence-electron chi connectivity index (χ1n) is 10.8. The fourth-order valence-electron chi connectivity index (χ4n) is 2.65. The van der Waals surface area contributed by atoms with E-state index in [0.29, 0.717) is 0 Å². The van der Waals surface area contributed by atoms with Crippen LogP contribution >= 0.6 is 8.58 Å². The SMILES string of the molecule is CCCCCCCCPCCCCCCCC.O=C(O)CC(C(=O)[O-])S(=O)(=O)O.[Na+]. The third kappa shape index (κ3) is 26.3. The van der Waals surface area contributed by atoms with Gasteiger partial charge in [0, 0.05) is 0 Å². The van der Waals surface area contributed by atoms with Crippen LogP contribution in [0.3, 0.4) is 0 Å². The fourth-order valence-corrected chi connectivity index (χ4v) is 4.50. The molecule has 0 spiro atoms. The largest absolute Gasteiger partial charge is 1.00 e. The first-order valence-corrected chi connectivity index (χ1v) is 13.7. The minimum Gasteiger partial charge on any atom is -0.549 e. The number of hydrogen-bond donors (Lipinski definition) is 2. The summed E-state index contributed by atoms with van der Waals surface area (Å²) in [5.41, 5.74) is 0. The molecule has 7 nitrogen and oxygen atoms in total. The second-order valence-corrected chi connectivity index (χ2v) is 10.3. The van der Waals surface area contributed by atoms with Gasteiger partial charge in [-0.3, -0.25) is 9.35 Å². The molecule has 1 unspecified atom stereocenters. The molecule has 0 saturated carbocycles. The van der Waals surface area contributed by atoms with Gasteiger partial charge in [0.05, 0.1) is 12.4 Å². The molecule has 0 bridgehead atoms. The van der Waals surface area contributed by atoms with Crippen LogP contribution in [0.4, 0.5) is 0 Å². The molecular weight excluding hydrogens is 438 g/mol. The van der Waals surface area contributed by atoms with E-state index in [-0.39, 0.29) is 29.6 Å². The van der Waals surface area contributed by atoms with Crippen molar-refractivity contribution in [3.05, 3.63) is 0 Å². The molecule has 174 valence electrons. The molecule has 30 heavy (non-hydrogen) atoms. The zero-order valence-corrected chi connectivity index (χ0v) is 22.8. The van der Waals surface area contributed by atoms with Gasteiger partial charge in [0.25, 0.3) is 10.1 Å². The standard InChI is InChI=1S/C16H35P.C4H6O7S.Na/c1-3-5-7-9-11-13-15-17-16-14-12-10-8-6-4-2;5-3(6)1-2(4(7)8)12(9,10)11;/h17H,3-16H2,1-2H3;2H,1H2,(H,5,6)(H,7,8)(H,9,10,11);/q;;+1/p-1. The number of carboxylic acids is 2. The van der Waals surface area contributed by atoms with E-state index in [1.165, 1.54) is 98.0 Å². The first-order chi connectivity index (χ1) is 13.7. The van der Waals surface area contributed by atoms with Crippen molar-refractivity contribution in [3.8, 4) is 0 Å². The predicted molar refractivity (Wildman–Crippen MR) is 117 cm³/mol. The number of carbonyl (C=O) groups is 2. The smallest absolute Gasteiger partial charge is 0.549 e. The Hall–Kier alpha value is 0.280. The number of aliphatic carboxylic acids is 2. The van der Waals surface area contributed by atoms with Crippen molar-refractivity contribution in [1.29, 1.82) is 0 Å². The Morgan fingerprint density at radius 2 is 1.20 bits per heavy atom. The summed E-state index contributed by atoms with van der Waals surface area (Å²) in [6.45, 7) is 4.59. The Morgan fingerprint density at radius 1 is 0.833 bits per heavy atom.